The Hall–Kier alpha value is -3.32. The topological polar surface area (TPSA) is 83.9 Å². The van der Waals surface area contributed by atoms with Crippen molar-refractivity contribution in [3.8, 4) is 5.75 Å². The SMILES string of the molecule is CCN(c1ccc(OCc2cc(C)cc(C)c2)cc1)S(=O)(=O)c1ccc(C)c(C(=O)O)c1. The van der Waals surface area contributed by atoms with E-state index >= 15 is 0 Å². The van der Waals surface area contributed by atoms with E-state index in [1.807, 2.05) is 13.8 Å². The predicted octanol–water partition coefficient (Wildman–Crippen LogP) is 5.10. The zero-order chi connectivity index (χ0) is 23.5. The van der Waals surface area contributed by atoms with E-state index in [4.69, 9.17) is 4.74 Å². The molecule has 0 saturated carbocycles. The molecule has 0 radical (unpaired) electrons. The van der Waals surface area contributed by atoms with E-state index in [0.29, 0.717) is 23.6 Å². The number of carbonyl (C=O) groups is 1. The van der Waals surface area contributed by atoms with Gasteiger partial charge in [0, 0.05) is 6.54 Å². The molecule has 0 aliphatic heterocycles. The predicted molar refractivity (Wildman–Crippen MR) is 125 cm³/mol. The van der Waals surface area contributed by atoms with Crippen molar-refractivity contribution in [1.82, 2.24) is 0 Å². The molecule has 0 aliphatic carbocycles. The number of carboxylic acid groups (broad SMARTS) is 1. The normalized spacial score (nSPS) is 11.2. The lowest BCUT2D eigenvalue weighted by Gasteiger charge is -2.23. The number of aromatic carboxylic acids is 1. The van der Waals surface area contributed by atoms with Gasteiger partial charge in [0.15, 0.2) is 0 Å². The number of nitrogens with zero attached hydrogens (tertiary/aromatic N) is 1. The first-order valence-electron chi connectivity index (χ1n) is 10.3. The summed E-state index contributed by atoms with van der Waals surface area (Å²) in [6.07, 6.45) is 0. The second-order valence-corrected chi connectivity index (χ2v) is 9.59. The fraction of sp³-hybridized carbons (Fsp3) is 0.240. The molecule has 0 aliphatic rings. The third-order valence-electron chi connectivity index (χ3n) is 5.13. The molecule has 0 unspecified atom stereocenters. The zero-order valence-corrected chi connectivity index (χ0v) is 19.4. The number of ether oxygens (including phenoxy) is 1. The third-order valence-corrected chi connectivity index (χ3v) is 7.03. The summed E-state index contributed by atoms with van der Waals surface area (Å²) in [6, 6.07) is 17.2. The molecule has 6 nitrogen and oxygen atoms in total. The molecule has 0 amide bonds. The Morgan fingerprint density at radius 3 is 2.12 bits per heavy atom. The van der Waals surface area contributed by atoms with Crippen LogP contribution in [0, 0.1) is 20.8 Å². The molecule has 0 aromatic heterocycles. The Labute approximate surface area is 189 Å². The monoisotopic (exact) mass is 453 g/mol. The van der Waals surface area contributed by atoms with Crippen molar-refractivity contribution >= 4 is 21.7 Å². The number of sulfonamides is 1. The van der Waals surface area contributed by atoms with Crippen LogP contribution in [0.3, 0.4) is 0 Å². The van der Waals surface area contributed by atoms with Gasteiger partial charge in [-0.15, -0.1) is 0 Å². The van der Waals surface area contributed by atoms with E-state index in [9.17, 15) is 18.3 Å². The summed E-state index contributed by atoms with van der Waals surface area (Å²) in [5, 5.41) is 9.34. The maximum atomic E-state index is 13.2. The lowest BCUT2D eigenvalue weighted by molar-refractivity contribution is 0.0696. The molecule has 3 aromatic carbocycles. The molecule has 0 saturated heterocycles. The van der Waals surface area contributed by atoms with Gasteiger partial charge in [-0.3, -0.25) is 4.31 Å². The highest BCUT2D eigenvalue weighted by Crippen LogP contribution is 2.27. The number of carboxylic acids is 1. The Kier molecular flexibility index (Phi) is 6.89. The quantitative estimate of drug-likeness (QED) is 0.513. The molecule has 7 heteroatoms. The van der Waals surface area contributed by atoms with E-state index in [1.165, 1.54) is 33.6 Å². The summed E-state index contributed by atoms with van der Waals surface area (Å²) in [5.41, 5.74) is 4.36. The van der Waals surface area contributed by atoms with Gasteiger partial charge in [-0.2, -0.15) is 0 Å². The van der Waals surface area contributed by atoms with Gasteiger partial charge in [-0.25, -0.2) is 13.2 Å². The molecule has 3 rings (SSSR count). The highest BCUT2D eigenvalue weighted by atomic mass is 32.2. The molecule has 0 bridgehead atoms. The number of anilines is 1. The molecule has 3 aromatic rings. The molecule has 0 fully saturated rings. The summed E-state index contributed by atoms with van der Waals surface area (Å²) in [5.74, 6) is -0.530. The van der Waals surface area contributed by atoms with Crippen LogP contribution >= 0.6 is 0 Å². The van der Waals surface area contributed by atoms with Gasteiger partial charge < -0.3 is 9.84 Å². The molecule has 0 heterocycles. The molecule has 0 atom stereocenters. The highest BCUT2D eigenvalue weighted by Gasteiger charge is 2.25. The van der Waals surface area contributed by atoms with Crippen molar-refractivity contribution in [3.05, 3.63) is 88.5 Å². The largest absolute Gasteiger partial charge is 0.489 e. The van der Waals surface area contributed by atoms with E-state index in [2.05, 4.69) is 18.2 Å². The van der Waals surface area contributed by atoms with Gasteiger partial charge in [-0.05, 0) is 75.2 Å². The van der Waals surface area contributed by atoms with Gasteiger partial charge in [0.2, 0.25) is 0 Å². The molecule has 168 valence electrons. The Morgan fingerprint density at radius 2 is 1.56 bits per heavy atom. The summed E-state index contributed by atoms with van der Waals surface area (Å²) in [4.78, 5) is 11.4. The zero-order valence-electron chi connectivity index (χ0n) is 18.6. The number of benzene rings is 3. The fourth-order valence-electron chi connectivity index (χ4n) is 3.64. The molecule has 32 heavy (non-hydrogen) atoms. The first kappa shape index (κ1) is 23.3. The summed E-state index contributed by atoms with van der Waals surface area (Å²) in [6.45, 7) is 8.06. The van der Waals surface area contributed by atoms with Crippen LogP contribution in [0.25, 0.3) is 0 Å². The maximum absolute atomic E-state index is 13.2. The van der Waals surface area contributed by atoms with Crippen molar-refractivity contribution in [1.29, 1.82) is 0 Å². The first-order chi connectivity index (χ1) is 15.1. The summed E-state index contributed by atoms with van der Waals surface area (Å²) in [7, 11) is -3.93. The van der Waals surface area contributed by atoms with Crippen LogP contribution in [0.4, 0.5) is 5.69 Å². The van der Waals surface area contributed by atoms with Crippen molar-refractivity contribution in [2.24, 2.45) is 0 Å². The fourth-order valence-corrected chi connectivity index (χ4v) is 5.14. The Balaban J connectivity index is 1.81. The van der Waals surface area contributed by atoms with Crippen LogP contribution in [-0.2, 0) is 16.6 Å². The van der Waals surface area contributed by atoms with Crippen LogP contribution in [0.5, 0.6) is 5.75 Å². The second-order valence-electron chi connectivity index (χ2n) is 7.73. The second kappa shape index (κ2) is 9.44. The van der Waals surface area contributed by atoms with E-state index in [0.717, 1.165) is 5.56 Å². The minimum absolute atomic E-state index is 0.0303. The molecule has 0 spiro atoms. The molecule has 1 N–H and O–H groups in total. The number of hydrogen-bond acceptors (Lipinski definition) is 4. The van der Waals surface area contributed by atoms with E-state index in [-0.39, 0.29) is 17.0 Å². The average molecular weight is 454 g/mol. The van der Waals surface area contributed by atoms with Crippen molar-refractivity contribution in [3.63, 3.8) is 0 Å². The van der Waals surface area contributed by atoms with Crippen molar-refractivity contribution in [2.45, 2.75) is 39.2 Å². The number of hydrogen-bond donors (Lipinski definition) is 1. The van der Waals surface area contributed by atoms with Gasteiger partial charge in [0.1, 0.15) is 12.4 Å². The lowest BCUT2D eigenvalue weighted by atomic mass is 10.1. The average Bonchev–Trinajstić information content (AvgIpc) is 2.73. The van der Waals surface area contributed by atoms with Crippen LogP contribution in [-0.4, -0.2) is 26.0 Å². The minimum atomic E-state index is -3.93. The number of rotatable bonds is 8. The lowest BCUT2D eigenvalue weighted by Crippen LogP contribution is -2.31. The van der Waals surface area contributed by atoms with E-state index in [1.54, 1.807) is 38.1 Å². The Morgan fingerprint density at radius 1 is 0.938 bits per heavy atom. The van der Waals surface area contributed by atoms with Gasteiger partial charge >= 0.3 is 5.97 Å². The summed E-state index contributed by atoms with van der Waals surface area (Å²) < 4.78 is 33.5. The molecular formula is C25H27NO5S. The van der Waals surface area contributed by atoms with Gasteiger partial charge in [0.05, 0.1) is 16.1 Å². The molecular weight excluding hydrogens is 426 g/mol. The van der Waals surface area contributed by atoms with Crippen LogP contribution < -0.4 is 9.04 Å². The number of aryl methyl sites for hydroxylation is 3. The van der Waals surface area contributed by atoms with E-state index < -0.39 is 16.0 Å². The van der Waals surface area contributed by atoms with Crippen LogP contribution in [0.2, 0.25) is 0 Å². The highest BCUT2D eigenvalue weighted by molar-refractivity contribution is 7.92. The van der Waals surface area contributed by atoms with Gasteiger partial charge in [-0.1, -0.05) is 35.4 Å². The smallest absolute Gasteiger partial charge is 0.335 e. The van der Waals surface area contributed by atoms with Gasteiger partial charge in [0.25, 0.3) is 10.0 Å². The van der Waals surface area contributed by atoms with Crippen LogP contribution in [0.1, 0.15) is 39.5 Å². The first-order valence-corrected chi connectivity index (χ1v) is 11.7. The standard InChI is InChI=1S/C25H27NO5S/c1-5-26(32(29,30)23-11-6-19(4)24(15-23)25(27)28)21-7-9-22(10-8-21)31-16-20-13-17(2)12-18(3)14-20/h6-15H,5,16H2,1-4H3,(H,27,28). The Bertz CT molecular complexity index is 1210. The maximum Gasteiger partial charge on any atom is 0.335 e. The van der Waals surface area contributed by atoms with Crippen molar-refractivity contribution < 1.29 is 23.1 Å². The minimum Gasteiger partial charge on any atom is -0.489 e. The summed E-state index contributed by atoms with van der Waals surface area (Å²) >= 11 is 0. The van der Waals surface area contributed by atoms with Crippen LogP contribution in [0.15, 0.2) is 65.6 Å². The van der Waals surface area contributed by atoms with Crippen molar-refractivity contribution in [2.75, 3.05) is 10.8 Å². The third kappa shape index (κ3) is 5.11.